The number of piperidine rings is 1. The number of hydrogen-bond acceptors (Lipinski definition) is 6. The van der Waals surface area contributed by atoms with Crippen LogP contribution in [0.4, 0.5) is 0 Å². The van der Waals surface area contributed by atoms with E-state index in [4.69, 9.17) is 4.74 Å². The fourth-order valence-corrected chi connectivity index (χ4v) is 5.48. The third-order valence-corrected chi connectivity index (χ3v) is 7.92. The van der Waals surface area contributed by atoms with Crippen LogP contribution in [0.5, 0.6) is 0 Å². The number of rotatable bonds is 9. The maximum Gasteiger partial charge on any atom is 0.243 e. The Morgan fingerprint density at radius 2 is 1.75 bits per heavy atom. The summed E-state index contributed by atoms with van der Waals surface area (Å²) in [7, 11) is -3.54. The zero-order chi connectivity index (χ0) is 23.0. The average Bonchev–Trinajstić information content (AvgIpc) is 2.83. The Balaban J connectivity index is 1.37. The van der Waals surface area contributed by atoms with Crippen molar-refractivity contribution < 1.29 is 22.7 Å². The van der Waals surface area contributed by atoms with E-state index >= 15 is 0 Å². The molecule has 0 aromatic heterocycles. The lowest BCUT2D eigenvalue weighted by atomic mass is 9.97. The normalized spacial score (nSPS) is 19.9. The highest BCUT2D eigenvalue weighted by molar-refractivity contribution is 7.89. The van der Waals surface area contributed by atoms with Crippen molar-refractivity contribution in [2.45, 2.75) is 37.1 Å². The van der Waals surface area contributed by atoms with Crippen molar-refractivity contribution in [3.63, 3.8) is 0 Å². The molecule has 10 heteroatoms. The quantitative estimate of drug-likeness (QED) is 0.511. The first kappa shape index (κ1) is 24.6. The van der Waals surface area contributed by atoms with Gasteiger partial charge < -0.3 is 15.4 Å². The largest absolute Gasteiger partial charge is 0.379 e. The average molecular weight is 467 g/mol. The van der Waals surface area contributed by atoms with E-state index in [-0.39, 0.29) is 35.7 Å². The van der Waals surface area contributed by atoms with E-state index in [2.05, 4.69) is 15.5 Å². The number of carbonyl (C=O) groups excluding carboxylic acids is 2. The summed E-state index contributed by atoms with van der Waals surface area (Å²) in [6.07, 6.45) is 1.72. The highest BCUT2D eigenvalue weighted by Gasteiger charge is 2.32. The summed E-state index contributed by atoms with van der Waals surface area (Å²) in [5, 5.41) is 5.66. The Kier molecular flexibility index (Phi) is 9.03. The van der Waals surface area contributed by atoms with E-state index in [1.165, 1.54) is 4.31 Å². The SMILES string of the molecule is C[C@H](NC(=O)C1CCN(S(=O)(=O)c2ccccc2)CC1)C(=O)NCCCN1CCOCC1. The maximum absolute atomic E-state index is 12.7. The third-order valence-electron chi connectivity index (χ3n) is 6.01. The lowest BCUT2D eigenvalue weighted by molar-refractivity contribution is -0.131. The fraction of sp³-hybridized carbons (Fsp3) is 0.636. The van der Waals surface area contributed by atoms with Gasteiger partial charge in [0.25, 0.3) is 0 Å². The van der Waals surface area contributed by atoms with E-state index in [1.807, 2.05) is 0 Å². The molecule has 2 aliphatic heterocycles. The van der Waals surface area contributed by atoms with Gasteiger partial charge in [-0.2, -0.15) is 4.31 Å². The summed E-state index contributed by atoms with van der Waals surface area (Å²) in [4.78, 5) is 27.5. The first-order valence-corrected chi connectivity index (χ1v) is 12.8. The number of morpholine rings is 1. The van der Waals surface area contributed by atoms with E-state index in [0.717, 1.165) is 39.3 Å². The van der Waals surface area contributed by atoms with Gasteiger partial charge in [-0.05, 0) is 44.9 Å². The van der Waals surface area contributed by atoms with Gasteiger partial charge in [-0.15, -0.1) is 0 Å². The minimum absolute atomic E-state index is 0.197. The number of sulfonamides is 1. The van der Waals surface area contributed by atoms with Gasteiger partial charge in [-0.1, -0.05) is 18.2 Å². The molecule has 0 unspecified atom stereocenters. The molecule has 1 aromatic carbocycles. The van der Waals surface area contributed by atoms with Crippen LogP contribution in [0.2, 0.25) is 0 Å². The molecule has 1 atom stereocenters. The van der Waals surface area contributed by atoms with Crippen LogP contribution in [0.15, 0.2) is 35.2 Å². The Morgan fingerprint density at radius 1 is 1.09 bits per heavy atom. The smallest absolute Gasteiger partial charge is 0.243 e. The van der Waals surface area contributed by atoms with Crippen LogP contribution in [0.25, 0.3) is 0 Å². The topological polar surface area (TPSA) is 108 Å². The highest BCUT2D eigenvalue weighted by Crippen LogP contribution is 2.24. The number of carbonyl (C=O) groups is 2. The van der Waals surface area contributed by atoms with Crippen LogP contribution >= 0.6 is 0 Å². The maximum atomic E-state index is 12.7. The first-order valence-electron chi connectivity index (χ1n) is 11.3. The number of hydrogen-bond donors (Lipinski definition) is 2. The second-order valence-electron chi connectivity index (χ2n) is 8.32. The minimum atomic E-state index is -3.54. The van der Waals surface area contributed by atoms with Crippen molar-refractivity contribution in [3.8, 4) is 0 Å². The summed E-state index contributed by atoms with van der Waals surface area (Å²) in [5.41, 5.74) is 0. The number of amides is 2. The molecule has 2 heterocycles. The van der Waals surface area contributed by atoms with Gasteiger partial charge >= 0.3 is 0 Å². The molecule has 0 bridgehead atoms. The molecule has 2 amide bonds. The number of ether oxygens (including phenoxy) is 1. The molecule has 2 saturated heterocycles. The molecule has 2 aliphatic rings. The van der Waals surface area contributed by atoms with Gasteiger partial charge in [0, 0.05) is 38.6 Å². The van der Waals surface area contributed by atoms with Crippen LogP contribution in [0.3, 0.4) is 0 Å². The molecule has 1 aromatic rings. The Bertz CT molecular complexity index is 850. The molecule has 0 aliphatic carbocycles. The van der Waals surface area contributed by atoms with E-state index in [9.17, 15) is 18.0 Å². The van der Waals surface area contributed by atoms with Gasteiger partial charge in [-0.3, -0.25) is 14.5 Å². The molecule has 2 N–H and O–H groups in total. The number of benzene rings is 1. The molecule has 178 valence electrons. The predicted molar refractivity (Wildman–Crippen MR) is 120 cm³/mol. The van der Waals surface area contributed by atoms with Gasteiger partial charge in [-0.25, -0.2) is 8.42 Å². The lowest BCUT2D eigenvalue weighted by Crippen LogP contribution is -2.49. The number of nitrogens with one attached hydrogen (secondary N) is 2. The molecule has 9 nitrogen and oxygen atoms in total. The van der Waals surface area contributed by atoms with Gasteiger partial charge in [0.15, 0.2) is 0 Å². The van der Waals surface area contributed by atoms with Crippen molar-refractivity contribution in [1.82, 2.24) is 19.8 Å². The second kappa shape index (κ2) is 11.7. The Labute approximate surface area is 190 Å². The summed E-state index contributed by atoms with van der Waals surface area (Å²) < 4.78 is 32.2. The first-order chi connectivity index (χ1) is 15.4. The number of nitrogens with zero attached hydrogens (tertiary/aromatic N) is 2. The van der Waals surface area contributed by atoms with Crippen molar-refractivity contribution in [1.29, 1.82) is 0 Å². The molecule has 0 spiro atoms. The molecule has 0 radical (unpaired) electrons. The summed E-state index contributed by atoms with van der Waals surface area (Å²) in [6.45, 7) is 7.08. The van der Waals surface area contributed by atoms with Gasteiger partial charge in [0.2, 0.25) is 21.8 Å². The van der Waals surface area contributed by atoms with Crippen molar-refractivity contribution in [2.75, 3.05) is 52.5 Å². The summed E-state index contributed by atoms with van der Waals surface area (Å²) in [6, 6.07) is 7.70. The molecule has 3 rings (SSSR count). The van der Waals surface area contributed by atoms with E-state index in [0.29, 0.717) is 19.4 Å². The van der Waals surface area contributed by atoms with Crippen LogP contribution in [0.1, 0.15) is 26.2 Å². The standard InChI is InChI=1S/C22H34N4O5S/c1-18(21(27)23-10-5-11-25-14-16-31-17-15-25)24-22(28)19-8-12-26(13-9-19)32(29,30)20-6-3-2-4-7-20/h2-4,6-7,18-19H,5,8-17H2,1H3,(H,23,27)(H,24,28)/t18-/m0/s1. The summed E-state index contributed by atoms with van der Waals surface area (Å²) in [5.74, 6) is -0.698. The van der Waals surface area contributed by atoms with E-state index < -0.39 is 16.1 Å². The third kappa shape index (κ3) is 6.74. The van der Waals surface area contributed by atoms with Gasteiger partial charge in [0.1, 0.15) is 6.04 Å². The molecular formula is C22H34N4O5S. The monoisotopic (exact) mass is 466 g/mol. The Morgan fingerprint density at radius 3 is 2.41 bits per heavy atom. The molecule has 2 fully saturated rings. The summed E-state index contributed by atoms with van der Waals surface area (Å²) >= 11 is 0. The fourth-order valence-electron chi connectivity index (χ4n) is 3.99. The zero-order valence-electron chi connectivity index (χ0n) is 18.7. The lowest BCUT2D eigenvalue weighted by Gasteiger charge is -2.31. The minimum Gasteiger partial charge on any atom is -0.379 e. The zero-order valence-corrected chi connectivity index (χ0v) is 19.5. The molecule has 32 heavy (non-hydrogen) atoms. The Hall–Kier alpha value is -2.01. The van der Waals surface area contributed by atoms with Crippen molar-refractivity contribution >= 4 is 21.8 Å². The molecule has 0 saturated carbocycles. The second-order valence-corrected chi connectivity index (χ2v) is 10.3. The highest BCUT2D eigenvalue weighted by atomic mass is 32.2. The van der Waals surface area contributed by atoms with E-state index in [1.54, 1.807) is 37.3 Å². The van der Waals surface area contributed by atoms with Gasteiger partial charge in [0.05, 0.1) is 18.1 Å². The van der Waals surface area contributed by atoms with Crippen LogP contribution in [0, 0.1) is 5.92 Å². The van der Waals surface area contributed by atoms with Crippen molar-refractivity contribution in [2.24, 2.45) is 5.92 Å². The predicted octanol–water partition coefficient (Wildman–Crippen LogP) is 0.431. The molecular weight excluding hydrogens is 432 g/mol. The van der Waals surface area contributed by atoms with Crippen LogP contribution in [-0.4, -0.2) is 88.0 Å². The van der Waals surface area contributed by atoms with Crippen LogP contribution in [-0.2, 0) is 24.3 Å². The van der Waals surface area contributed by atoms with Crippen molar-refractivity contribution in [3.05, 3.63) is 30.3 Å². The van der Waals surface area contributed by atoms with Crippen LogP contribution < -0.4 is 10.6 Å².